The van der Waals surface area contributed by atoms with Gasteiger partial charge in [-0.25, -0.2) is 0 Å². The Labute approximate surface area is 207 Å². The Balaban J connectivity index is 1.32. The summed E-state index contributed by atoms with van der Waals surface area (Å²) in [6, 6.07) is 13.4. The van der Waals surface area contributed by atoms with Crippen molar-refractivity contribution in [2.45, 2.75) is 51.6 Å². The van der Waals surface area contributed by atoms with Gasteiger partial charge in [-0.2, -0.15) is 18.2 Å². The normalized spacial score (nSPS) is 15.7. The zero-order valence-corrected chi connectivity index (χ0v) is 20.0. The minimum Gasteiger partial charge on any atom is -0.396 e. The van der Waals surface area contributed by atoms with Crippen molar-refractivity contribution in [3.8, 4) is 0 Å². The fraction of sp³-hybridized carbons (Fsp3) is 0.407. The fourth-order valence-corrected chi connectivity index (χ4v) is 5.21. The highest BCUT2D eigenvalue weighted by molar-refractivity contribution is 5.42. The first-order chi connectivity index (χ1) is 17.3. The van der Waals surface area contributed by atoms with E-state index < -0.39 is 11.7 Å². The smallest absolute Gasteiger partial charge is 0.396 e. The number of aryl methyl sites for hydroxylation is 1. The van der Waals surface area contributed by atoms with Gasteiger partial charge in [0.15, 0.2) is 0 Å². The maximum absolute atomic E-state index is 13.1. The van der Waals surface area contributed by atoms with Crippen molar-refractivity contribution in [3.63, 3.8) is 0 Å². The molecule has 0 spiro atoms. The van der Waals surface area contributed by atoms with Crippen LogP contribution >= 0.6 is 0 Å². The fourth-order valence-electron chi connectivity index (χ4n) is 5.21. The van der Waals surface area contributed by atoms with Gasteiger partial charge in [-0.15, -0.1) is 0 Å². The maximum Gasteiger partial charge on any atom is 0.416 e. The maximum atomic E-state index is 13.1. The average Bonchev–Trinajstić information content (AvgIpc) is 3.26. The van der Waals surface area contributed by atoms with E-state index in [1.54, 1.807) is 0 Å². The first-order valence-electron chi connectivity index (χ1n) is 12.3. The first-order valence-corrected chi connectivity index (χ1v) is 12.3. The van der Waals surface area contributed by atoms with E-state index in [1.165, 1.54) is 23.3 Å². The van der Waals surface area contributed by atoms with Gasteiger partial charge in [0.25, 0.3) is 5.56 Å². The zero-order valence-electron chi connectivity index (χ0n) is 20.0. The quantitative estimate of drug-likeness (QED) is 0.538. The van der Waals surface area contributed by atoms with Gasteiger partial charge in [0, 0.05) is 58.0 Å². The van der Waals surface area contributed by atoms with E-state index >= 15 is 0 Å². The van der Waals surface area contributed by atoms with E-state index in [0.717, 1.165) is 49.4 Å². The Morgan fingerprint density at radius 1 is 0.944 bits per heavy atom. The van der Waals surface area contributed by atoms with Crippen LogP contribution in [-0.4, -0.2) is 39.3 Å². The number of benzene rings is 2. The van der Waals surface area contributed by atoms with Crippen LogP contribution in [0.15, 0.2) is 53.3 Å². The van der Waals surface area contributed by atoms with Gasteiger partial charge < -0.3 is 14.6 Å². The van der Waals surface area contributed by atoms with Crippen molar-refractivity contribution in [1.82, 2.24) is 14.5 Å². The number of rotatable bonds is 7. The third-order valence-electron chi connectivity index (χ3n) is 7.07. The molecule has 2 aliphatic rings. The Kier molecular flexibility index (Phi) is 6.85. The number of aliphatic hydroxyl groups is 1. The Morgan fingerprint density at radius 3 is 2.42 bits per heavy atom. The van der Waals surface area contributed by atoms with Crippen LogP contribution in [0.4, 0.5) is 19.1 Å². The second kappa shape index (κ2) is 10.1. The van der Waals surface area contributed by atoms with E-state index in [0.29, 0.717) is 44.0 Å². The molecule has 1 N–H and O–H groups in total. The van der Waals surface area contributed by atoms with Crippen LogP contribution in [0.2, 0.25) is 0 Å². The highest BCUT2D eigenvalue weighted by Crippen LogP contribution is 2.30. The van der Waals surface area contributed by atoms with Crippen molar-refractivity contribution < 1.29 is 18.3 Å². The number of anilines is 1. The molecule has 0 fully saturated rings. The molecule has 0 radical (unpaired) electrons. The summed E-state index contributed by atoms with van der Waals surface area (Å²) in [5.41, 5.74) is 3.97. The van der Waals surface area contributed by atoms with Crippen LogP contribution in [0.3, 0.4) is 0 Å². The van der Waals surface area contributed by atoms with Crippen LogP contribution in [-0.2, 0) is 45.2 Å². The van der Waals surface area contributed by atoms with Crippen LogP contribution in [0.1, 0.15) is 39.9 Å². The second-order valence-electron chi connectivity index (χ2n) is 9.47. The zero-order chi connectivity index (χ0) is 25.3. The summed E-state index contributed by atoms with van der Waals surface area (Å²) >= 11 is 0. The molecule has 9 heteroatoms. The van der Waals surface area contributed by atoms with Crippen molar-refractivity contribution in [2.24, 2.45) is 0 Å². The molecule has 0 unspecified atom stereocenters. The molecule has 5 rings (SSSR count). The monoisotopic (exact) mass is 498 g/mol. The summed E-state index contributed by atoms with van der Waals surface area (Å²) < 4.78 is 40.7. The number of alkyl halides is 3. The molecule has 2 aliphatic heterocycles. The minimum absolute atomic E-state index is 0.153. The van der Waals surface area contributed by atoms with Gasteiger partial charge in [-0.1, -0.05) is 36.4 Å². The molecule has 2 aromatic carbocycles. The van der Waals surface area contributed by atoms with E-state index in [-0.39, 0.29) is 12.2 Å². The summed E-state index contributed by atoms with van der Waals surface area (Å²) in [4.78, 5) is 21.7. The molecule has 6 nitrogen and oxygen atoms in total. The van der Waals surface area contributed by atoms with Gasteiger partial charge in [0.2, 0.25) is 5.95 Å². The SMILES string of the molecule is O=c1nc2n(c3c1CN(Cc1ccc(C(F)(F)F)cc1)CC3)CCN2Cc1ccccc1CCCO. The number of aromatic nitrogens is 2. The van der Waals surface area contributed by atoms with Crippen molar-refractivity contribution in [2.75, 3.05) is 24.6 Å². The number of hydrogen-bond donors (Lipinski definition) is 1. The molecule has 1 aromatic heterocycles. The van der Waals surface area contributed by atoms with Crippen molar-refractivity contribution in [1.29, 1.82) is 0 Å². The molecule has 0 aliphatic carbocycles. The second-order valence-corrected chi connectivity index (χ2v) is 9.47. The van der Waals surface area contributed by atoms with E-state index in [1.807, 2.05) is 12.1 Å². The number of halogens is 3. The average molecular weight is 499 g/mol. The lowest BCUT2D eigenvalue weighted by Crippen LogP contribution is -2.37. The summed E-state index contributed by atoms with van der Waals surface area (Å²) in [5, 5.41) is 9.21. The highest BCUT2D eigenvalue weighted by atomic mass is 19.4. The third kappa shape index (κ3) is 5.03. The largest absolute Gasteiger partial charge is 0.416 e. The van der Waals surface area contributed by atoms with Gasteiger partial charge in [-0.05, 0) is 41.7 Å². The molecule has 0 bridgehead atoms. The van der Waals surface area contributed by atoms with E-state index in [9.17, 15) is 23.1 Å². The third-order valence-corrected chi connectivity index (χ3v) is 7.07. The molecule has 3 heterocycles. The topological polar surface area (TPSA) is 61.6 Å². The molecule has 3 aromatic rings. The molecule has 0 atom stereocenters. The standard InChI is InChI=1S/C27H29F3N4O2/c28-27(29,30)22-9-7-19(8-10-22)16-32-12-11-24-23(18-32)25(36)31-26-33(13-14-34(24)26)17-21-5-2-1-4-20(21)6-3-15-35/h1-2,4-5,7-10,35H,3,6,11-18H2. The molecule has 36 heavy (non-hydrogen) atoms. The number of fused-ring (bicyclic) bond motifs is 3. The van der Waals surface area contributed by atoms with Gasteiger partial charge in [0.1, 0.15) is 0 Å². The summed E-state index contributed by atoms with van der Waals surface area (Å²) in [6.45, 7) is 3.99. The predicted molar refractivity (Wildman–Crippen MR) is 131 cm³/mol. The lowest BCUT2D eigenvalue weighted by atomic mass is 10.0. The van der Waals surface area contributed by atoms with Crippen LogP contribution in [0, 0.1) is 0 Å². The summed E-state index contributed by atoms with van der Waals surface area (Å²) in [7, 11) is 0. The Hall–Kier alpha value is -3.17. The summed E-state index contributed by atoms with van der Waals surface area (Å²) in [5.74, 6) is 0.701. The van der Waals surface area contributed by atoms with Crippen LogP contribution in [0.25, 0.3) is 0 Å². The van der Waals surface area contributed by atoms with Crippen LogP contribution in [0.5, 0.6) is 0 Å². The van der Waals surface area contributed by atoms with Crippen molar-refractivity contribution in [3.05, 3.63) is 92.4 Å². The predicted octanol–water partition coefficient (Wildman–Crippen LogP) is 3.77. The molecule has 190 valence electrons. The van der Waals surface area contributed by atoms with Crippen molar-refractivity contribution >= 4 is 5.95 Å². The molecule has 0 amide bonds. The molecule has 0 saturated heterocycles. The van der Waals surface area contributed by atoms with Gasteiger partial charge >= 0.3 is 6.18 Å². The molecular weight excluding hydrogens is 469 g/mol. The lowest BCUT2D eigenvalue weighted by Gasteiger charge is -2.30. The Morgan fingerprint density at radius 2 is 1.69 bits per heavy atom. The Bertz CT molecular complexity index is 1290. The first kappa shape index (κ1) is 24.5. The number of hydrogen-bond acceptors (Lipinski definition) is 5. The molecule has 0 saturated carbocycles. The number of nitrogens with zero attached hydrogens (tertiary/aromatic N) is 4. The molecular formula is C27H29F3N4O2. The van der Waals surface area contributed by atoms with E-state index in [4.69, 9.17) is 0 Å². The highest BCUT2D eigenvalue weighted by Gasteiger charge is 2.31. The van der Waals surface area contributed by atoms with Crippen LogP contribution < -0.4 is 10.5 Å². The lowest BCUT2D eigenvalue weighted by molar-refractivity contribution is -0.137. The summed E-state index contributed by atoms with van der Waals surface area (Å²) in [6.07, 6.45) is -2.14. The van der Waals surface area contributed by atoms with Gasteiger partial charge in [0.05, 0.1) is 11.1 Å². The number of aliphatic hydroxyl groups excluding tert-OH is 1. The minimum atomic E-state index is -4.35. The van der Waals surface area contributed by atoms with Gasteiger partial charge in [-0.3, -0.25) is 9.69 Å². The van der Waals surface area contributed by atoms with E-state index in [2.05, 4.69) is 31.5 Å².